The molecule has 3 aliphatic rings. The Labute approximate surface area is 106 Å². The summed E-state index contributed by atoms with van der Waals surface area (Å²) in [4.78, 5) is 0. The molecular weight excluding hydrogens is 240 g/mol. The van der Waals surface area contributed by atoms with Gasteiger partial charge in [-0.3, -0.25) is 0 Å². The monoisotopic (exact) mass is 260 g/mol. The summed E-state index contributed by atoms with van der Waals surface area (Å²) in [6.45, 7) is 7.78. The lowest BCUT2D eigenvalue weighted by Gasteiger charge is -2.26. The van der Waals surface area contributed by atoms with Crippen LogP contribution in [0.2, 0.25) is 0 Å². The topological polar surface area (TPSA) is 66.4 Å². The van der Waals surface area contributed by atoms with Crippen LogP contribution in [0.3, 0.4) is 0 Å². The largest absolute Gasteiger partial charge is 0.366 e. The van der Waals surface area contributed by atoms with E-state index in [1.165, 1.54) is 0 Å². The highest BCUT2D eigenvalue weighted by Gasteiger charge is 2.58. The van der Waals surface area contributed by atoms with E-state index in [4.69, 9.17) is 23.7 Å². The third kappa shape index (κ3) is 2.07. The van der Waals surface area contributed by atoms with Crippen LogP contribution in [0.15, 0.2) is 0 Å². The van der Waals surface area contributed by atoms with Gasteiger partial charge in [0.2, 0.25) is 0 Å². The molecule has 0 unspecified atom stereocenters. The van der Waals surface area contributed by atoms with Crippen molar-refractivity contribution in [1.82, 2.24) is 0 Å². The van der Waals surface area contributed by atoms with Crippen molar-refractivity contribution >= 4 is 0 Å². The highest BCUT2D eigenvalue weighted by Crippen LogP contribution is 2.41. The molecule has 3 rings (SSSR count). The summed E-state index contributed by atoms with van der Waals surface area (Å²) < 4.78 is 28.2. The number of aliphatic hydroxyl groups is 1. The van der Waals surface area contributed by atoms with Crippen LogP contribution in [-0.2, 0) is 23.7 Å². The van der Waals surface area contributed by atoms with Crippen molar-refractivity contribution in [1.29, 1.82) is 0 Å². The van der Waals surface area contributed by atoms with Crippen molar-refractivity contribution in [3.8, 4) is 0 Å². The van der Waals surface area contributed by atoms with Gasteiger partial charge in [0.15, 0.2) is 17.9 Å². The third-order valence-corrected chi connectivity index (χ3v) is 3.46. The van der Waals surface area contributed by atoms with Crippen molar-refractivity contribution in [3.63, 3.8) is 0 Å². The summed E-state index contributed by atoms with van der Waals surface area (Å²) in [6.07, 6.45) is -2.38. The van der Waals surface area contributed by atoms with Crippen molar-refractivity contribution < 1.29 is 28.8 Å². The molecule has 3 heterocycles. The summed E-state index contributed by atoms with van der Waals surface area (Å²) in [6, 6.07) is 0. The van der Waals surface area contributed by atoms with E-state index in [1.807, 2.05) is 27.7 Å². The van der Waals surface area contributed by atoms with Crippen LogP contribution in [0.25, 0.3) is 0 Å². The molecule has 0 bridgehead atoms. The van der Waals surface area contributed by atoms with E-state index in [0.29, 0.717) is 6.61 Å². The fourth-order valence-corrected chi connectivity index (χ4v) is 2.78. The Bertz CT molecular complexity index is 341. The van der Waals surface area contributed by atoms with E-state index in [-0.39, 0.29) is 18.3 Å². The van der Waals surface area contributed by atoms with Gasteiger partial charge in [-0.2, -0.15) is 0 Å². The van der Waals surface area contributed by atoms with Crippen LogP contribution in [0.4, 0.5) is 0 Å². The molecule has 0 aromatic rings. The number of hydrogen-bond acceptors (Lipinski definition) is 6. The van der Waals surface area contributed by atoms with E-state index in [0.717, 1.165) is 0 Å². The van der Waals surface area contributed by atoms with Crippen LogP contribution in [0.1, 0.15) is 27.7 Å². The first-order valence-electron chi connectivity index (χ1n) is 6.28. The zero-order chi connectivity index (χ0) is 13.1. The van der Waals surface area contributed by atoms with E-state index >= 15 is 0 Å². The maximum Gasteiger partial charge on any atom is 0.184 e. The van der Waals surface area contributed by atoms with E-state index in [9.17, 15) is 5.11 Å². The second kappa shape index (κ2) is 3.88. The van der Waals surface area contributed by atoms with Gasteiger partial charge in [-0.1, -0.05) is 0 Å². The van der Waals surface area contributed by atoms with E-state index < -0.39 is 24.0 Å². The SMILES string of the molecule is CC1(C)O[C@@H]2[C@H](O1)[C@@H](O)O[C@@H]2[C@H]1COC(C)(C)O1. The van der Waals surface area contributed by atoms with E-state index in [1.54, 1.807) is 0 Å². The lowest BCUT2D eigenvalue weighted by atomic mass is 10.1. The molecule has 0 saturated carbocycles. The first kappa shape index (κ1) is 12.8. The van der Waals surface area contributed by atoms with Crippen LogP contribution in [0, 0.1) is 0 Å². The summed E-state index contributed by atoms with van der Waals surface area (Å²) in [5, 5.41) is 9.87. The lowest BCUT2D eigenvalue weighted by Crippen LogP contribution is -2.40. The second-order valence-corrected chi connectivity index (χ2v) is 5.92. The van der Waals surface area contributed by atoms with Gasteiger partial charge < -0.3 is 28.8 Å². The molecule has 0 spiro atoms. The fraction of sp³-hybridized carbons (Fsp3) is 1.00. The molecule has 104 valence electrons. The molecule has 5 atom stereocenters. The molecule has 0 radical (unpaired) electrons. The highest BCUT2D eigenvalue weighted by molar-refractivity contribution is 4.99. The number of aliphatic hydroxyl groups excluding tert-OH is 1. The Balaban J connectivity index is 1.75. The number of hydrogen-bond donors (Lipinski definition) is 1. The van der Waals surface area contributed by atoms with Gasteiger partial charge >= 0.3 is 0 Å². The molecular formula is C12H20O6. The summed E-state index contributed by atoms with van der Waals surface area (Å²) >= 11 is 0. The summed E-state index contributed by atoms with van der Waals surface area (Å²) in [5.41, 5.74) is 0. The van der Waals surface area contributed by atoms with E-state index in [2.05, 4.69) is 0 Å². The third-order valence-electron chi connectivity index (χ3n) is 3.46. The van der Waals surface area contributed by atoms with Crippen LogP contribution in [0.5, 0.6) is 0 Å². The van der Waals surface area contributed by atoms with Gasteiger partial charge in [-0.25, -0.2) is 0 Å². The smallest absolute Gasteiger partial charge is 0.184 e. The molecule has 0 aromatic heterocycles. The Morgan fingerprint density at radius 1 is 0.889 bits per heavy atom. The average molecular weight is 260 g/mol. The zero-order valence-electron chi connectivity index (χ0n) is 11.1. The van der Waals surface area contributed by atoms with Gasteiger partial charge in [-0.05, 0) is 27.7 Å². The summed E-state index contributed by atoms with van der Waals surface area (Å²) in [5.74, 6) is -1.32. The average Bonchev–Trinajstić information content (AvgIpc) is 2.81. The van der Waals surface area contributed by atoms with Crippen LogP contribution >= 0.6 is 0 Å². The van der Waals surface area contributed by atoms with Crippen LogP contribution in [-0.4, -0.2) is 54.0 Å². The Hall–Kier alpha value is -0.240. The number of fused-ring (bicyclic) bond motifs is 1. The maximum absolute atomic E-state index is 9.87. The Morgan fingerprint density at radius 3 is 2.17 bits per heavy atom. The maximum atomic E-state index is 9.87. The highest BCUT2D eigenvalue weighted by atomic mass is 16.8. The van der Waals surface area contributed by atoms with Gasteiger partial charge in [0, 0.05) is 0 Å². The number of rotatable bonds is 1. The molecule has 0 aliphatic carbocycles. The zero-order valence-corrected chi connectivity index (χ0v) is 11.1. The fourth-order valence-electron chi connectivity index (χ4n) is 2.78. The summed E-state index contributed by atoms with van der Waals surface area (Å²) in [7, 11) is 0. The van der Waals surface area contributed by atoms with Crippen molar-refractivity contribution in [2.24, 2.45) is 0 Å². The first-order chi connectivity index (χ1) is 8.27. The number of ether oxygens (including phenoxy) is 5. The normalized spacial score (nSPS) is 49.5. The predicted octanol–water partition coefficient (Wildman–Crippen LogP) is 0.375. The first-order valence-corrected chi connectivity index (χ1v) is 6.28. The standard InChI is InChI=1S/C12H20O6/c1-11(2)14-5-6(16-11)7-8-9(10(13)15-7)18-12(3,4)17-8/h6-10,13H,5H2,1-4H3/t6-,7-,8+,9+,10+/m1/s1. The lowest BCUT2D eigenvalue weighted by molar-refractivity contribution is -0.236. The molecule has 3 fully saturated rings. The molecule has 0 aromatic carbocycles. The molecule has 18 heavy (non-hydrogen) atoms. The van der Waals surface area contributed by atoms with Gasteiger partial charge in [-0.15, -0.1) is 0 Å². The predicted molar refractivity (Wildman–Crippen MR) is 59.6 cm³/mol. The molecule has 3 saturated heterocycles. The van der Waals surface area contributed by atoms with Gasteiger partial charge in [0.1, 0.15) is 24.4 Å². The molecule has 0 amide bonds. The Kier molecular flexibility index (Phi) is 2.75. The van der Waals surface area contributed by atoms with Crippen molar-refractivity contribution in [2.45, 2.75) is 70.0 Å². The minimum absolute atomic E-state index is 0.248. The minimum Gasteiger partial charge on any atom is -0.366 e. The van der Waals surface area contributed by atoms with Gasteiger partial charge in [0.05, 0.1) is 6.61 Å². The Morgan fingerprint density at radius 2 is 1.56 bits per heavy atom. The van der Waals surface area contributed by atoms with Crippen LogP contribution < -0.4 is 0 Å². The second-order valence-electron chi connectivity index (χ2n) is 5.92. The quantitative estimate of drug-likeness (QED) is 0.735. The molecule has 3 aliphatic heterocycles. The van der Waals surface area contributed by atoms with Crippen molar-refractivity contribution in [3.05, 3.63) is 0 Å². The van der Waals surface area contributed by atoms with Gasteiger partial charge in [0.25, 0.3) is 0 Å². The molecule has 6 heteroatoms. The minimum atomic E-state index is -0.978. The molecule has 6 nitrogen and oxygen atoms in total. The molecule has 1 N–H and O–H groups in total. The van der Waals surface area contributed by atoms with Crippen molar-refractivity contribution in [2.75, 3.05) is 6.61 Å².